The van der Waals surface area contributed by atoms with Gasteiger partial charge in [-0.2, -0.15) is 0 Å². The van der Waals surface area contributed by atoms with Crippen molar-refractivity contribution >= 4 is 56.8 Å². The highest BCUT2D eigenvalue weighted by Crippen LogP contribution is 2.35. The Kier molecular flexibility index (Phi) is 7.28. The molecular formula is C13H15BrCl2N2O3. The van der Waals surface area contributed by atoms with Gasteiger partial charge in [-0.15, -0.1) is 0 Å². The first-order valence-electron chi connectivity index (χ1n) is 6.28. The molecule has 1 atom stereocenters. The van der Waals surface area contributed by atoms with Crippen LogP contribution >= 0.6 is 39.1 Å². The van der Waals surface area contributed by atoms with Crippen LogP contribution in [0.5, 0.6) is 0 Å². The first-order valence-corrected chi connectivity index (χ1v) is 7.82. The maximum absolute atomic E-state index is 11.9. The third kappa shape index (κ3) is 5.73. The molecule has 1 aromatic carbocycles. The van der Waals surface area contributed by atoms with Crippen LogP contribution in [0.1, 0.15) is 26.2 Å². The lowest BCUT2D eigenvalue weighted by Gasteiger charge is -2.17. The Labute approximate surface area is 141 Å². The summed E-state index contributed by atoms with van der Waals surface area (Å²) in [6.07, 6.45) is 1.22. The molecule has 0 fully saturated rings. The maximum atomic E-state index is 11.9. The van der Waals surface area contributed by atoms with Crippen molar-refractivity contribution in [1.82, 2.24) is 5.32 Å². The zero-order chi connectivity index (χ0) is 16.0. The number of carboxylic acid groups (broad SMARTS) is 1. The number of nitrogens with one attached hydrogen (secondary N) is 2. The predicted molar refractivity (Wildman–Crippen MR) is 87.3 cm³/mol. The van der Waals surface area contributed by atoms with Crippen LogP contribution in [0.4, 0.5) is 10.5 Å². The minimum absolute atomic E-state index is 0.129. The normalized spacial score (nSPS) is 11.8. The molecule has 1 rings (SSSR count). The monoisotopic (exact) mass is 396 g/mol. The molecule has 0 saturated heterocycles. The maximum Gasteiger partial charge on any atom is 0.319 e. The summed E-state index contributed by atoms with van der Waals surface area (Å²) >= 11 is 15.2. The van der Waals surface area contributed by atoms with Gasteiger partial charge in [0, 0.05) is 10.5 Å². The highest BCUT2D eigenvalue weighted by molar-refractivity contribution is 9.10. The molecule has 3 N–H and O–H groups in total. The van der Waals surface area contributed by atoms with Crippen molar-refractivity contribution < 1.29 is 14.7 Å². The summed E-state index contributed by atoms with van der Waals surface area (Å²) in [6, 6.07) is 2.31. The van der Waals surface area contributed by atoms with E-state index in [9.17, 15) is 9.59 Å². The highest BCUT2D eigenvalue weighted by Gasteiger charge is 2.16. The van der Waals surface area contributed by atoms with Gasteiger partial charge in [0.1, 0.15) is 0 Å². The van der Waals surface area contributed by atoms with Gasteiger partial charge in [0.05, 0.1) is 22.2 Å². The second-order valence-electron chi connectivity index (χ2n) is 4.40. The van der Waals surface area contributed by atoms with Crippen molar-refractivity contribution in [1.29, 1.82) is 0 Å². The first-order chi connectivity index (χ1) is 9.85. The van der Waals surface area contributed by atoms with E-state index in [1.54, 1.807) is 12.1 Å². The molecule has 0 bridgehead atoms. The Hall–Kier alpha value is -0.980. The quantitative estimate of drug-likeness (QED) is 0.617. The average Bonchev–Trinajstić information content (AvgIpc) is 2.39. The number of rotatable bonds is 6. The van der Waals surface area contributed by atoms with Crippen molar-refractivity contribution in [3.63, 3.8) is 0 Å². The standard InChI is InChI=1S/C13H15BrCl2N2O3/c1-2-3-7(6-10(19)20)17-13(21)18-9-5-4-8(14)11(15)12(9)16/h4-5,7H,2-3,6H2,1H3,(H,19,20)(H2,17,18,21). The van der Waals surface area contributed by atoms with E-state index in [1.165, 1.54) is 0 Å². The van der Waals surface area contributed by atoms with Crippen LogP contribution in [0.3, 0.4) is 0 Å². The van der Waals surface area contributed by atoms with Crippen LogP contribution in [0.15, 0.2) is 16.6 Å². The first kappa shape index (κ1) is 18.1. The second-order valence-corrected chi connectivity index (χ2v) is 6.02. The smallest absolute Gasteiger partial charge is 0.319 e. The average molecular weight is 398 g/mol. The van der Waals surface area contributed by atoms with E-state index in [-0.39, 0.29) is 11.4 Å². The molecule has 0 aromatic heterocycles. The second kappa shape index (κ2) is 8.46. The van der Waals surface area contributed by atoms with Gasteiger partial charge in [-0.3, -0.25) is 4.79 Å². The molecule has 0 aliphatic carbocycles. The topological polar surface area (TPSA) is 78.4 Å². The van der Waals surface area contributed by atoms with E-state index in [4.69, 9.17) is 28.3 Å². The Morgan fingerprint density at radius 3 is 2.57 bits per heavy atom. The van der Waals surface area contributed by atoms with Gasteiger partial charge < -0.3 is 15.7 Å². The van der Waals surface area contributed by atoms with Crippen LogP contribution in [0.25, 0.3) is 0 Å². The van der Waals surface area contributed by atoms with E-state index in [2.05, 4.69) is 26.6 Å². The van der Waals surface area contributed by atoms with E-state index in [0.717, 1.165) is 6.42 Å². The zero-order valence-corrected chi connectivity index (χ0v) is 14.3. The van der Waals surface area contributed by atoms with Gasteiger partial charge >= 0.3 is 12.0 Å². The Morgan fingerprint density at radius 1 is 1.33 bits per heavy atom. The molecule has 0 aliphatic rings. The molecule has 0 spiro atoms. The predicted octanol–water partition coefficient (Wildman–Crippen LogP) is 4.52. The number of benzene rings is 1. The van der Waals surface area contributed by atoms with Gasteiger partial charge in [-0.25, -0.2) is 4.79 Å². The number of carbonyl (C=O) groups is 2. The third-order valence-electron chi connectivity index (χ3n) is 2.68. The lowest BCUT2D eigenvalue weighted by Crippen LogP contribution is -2.39. The molecule has 0 aliphatic heterocycles. The summed E-state index contributed by atoms with van der Waals surface area (Å²) in [5.74, 6) is -0.960. The van der Waals surface area contributed by atoms with Crippen LogP contribution < -0.4 is 10.6 Å². The summed E-state index contributed by atoms with van der Waals surface area (Å²) in [6.45, 7) is 1.92. The Bertz CT molecular complexity index is 540. The van der Waals surface area contributed by atoms with Crippen LogP contribution in [-0.2, 0) is 4.79 Å². The molecular weight excluding hydrogens is 383 g/mol. The Morgan fingerprint density at radius 2 is 2.00 bits per heavy atom. The molecule has 0 radical (unpaired) electrons. The lowest BCUT2D eigenvalue weighted by molar-refractivity contribution is -0.137. The molecule has 2 amide bonds. The van der Waals surface area contributed by atoms with E-state index in [1.807, 2.05) is 6.92 Å². The summed E-state index contributed by atoms with van der Waals surface area (Å²) in [5.41, 5.74) is 0.355. The van der Waals surface area contributed by atoms with Crippen LogP contribution in [0.2, 0.25) is 10.0 Å². The van der Waals surface area contributed by atoms with Crippen molar-refractivity contribution in [2.24, 2.45) is 0 Å². The number of amides is 2. The number of urea groups is 1. The SMILES string of the molecule is CCCC(CC(=O)O)NC(=O)Nc1ccc(Br)c(Cl)c1Cl. The highest BCUT2D eigenvalue weighted by atomic mass is 79.9. The summed E-state index contributed by atoms with van der Waals surface area (Å²) in [4.78, 5) is 22.6. The number of hydrogen-bond acceptors (Lipinski definition) is 2. The molecule has 0 saturated carbocycles. The molecule has 5 nitrogen and oxygen atoms in total. The number of aliphatic carboxylic acids is 1. The van der Waals surface area contributed by atoms with Gasteiger partial charge in [-0.1, -0.05) is 36.5 Å². The van der Waals surface area contributed by atoms with Gasteiger partial charge in [-0.05, 0) is 34.5 Å². The molecule has 21 heavy (non-hydrogen) atoms. The molecule has 116 valence electrons. The van der Waals surface area contributed by atoms with E-state index in [0.29, 0.717) is 21.6 Å². The Balaban J connectivity index is 2.72. The van der Waals surface area contributed by atoms with Gasteiger partial charge in [0.2, 0.25) is 0 Å². The van der Waals surface area contributed by atoms with Crippen molar-refractivity contribution in [3.8, 4) is 0 Å². The van der Waals surface area contributed by atoms with Crippen molar-refractivity contribution in [3.05, 3.63) is 26.7 Å². The van der Waals surface area contributed by atoms with Crippen LogP contribution in [-0.4, -0.2) is 23.1 Å². The number of halogens is 3. The number of hydrogen-bond donors (Lipinski definition) is 3. The third-order valence-corrected chi connectivity index (χ3v) is 4.45. The number of carboxylic acids is 1. The van der Waals surface area contributed by atoms with E-state index < -0.39 is 18.0 Å². The fraction of sp³-hybridized carbons (Fsp3) is 0.385. The molecule has 0 heterocycles. The fourth-order valence-corrected chi connectivity index (χ4v) is 2.57. The van der Waals surface area contributed by atoms with Crippen molar-refractivity contribution in [2.45, 2.75) is 32.2 Å². The molecule has 1 aromatic rings. The number of carbonyl (C=O) groups excluding carboxylic acids is 1. The summed E-state index contributed by atoms with van der Waals surface area (Å²) < 4.78 is 0.620. The fourth-order valence-electron chi connectivity index (χ4n) is 1.75. The number of anilines is 1. The molecule has 1 unspecified atom stereocenters. The lowest BCUT2D eigenvalue weighted by atomic mass is 10.1. The zero-order valence-electron chi connectivity index (χ0n) is 11.3. The van der Waals surface area contributed by atoms with Crippen molar-refractivity contribution in [2.75, 3.05) is 5.32 Å². The largest absolute Gasteiger partial charge is 0.481 e. The summed E-state index contributed by atoms with van der Waals surface area (Å²) in [5, 5.41) is 14.5. The van der Waals surface area contributed by atoms with E-state index >= 15 is 0 Å². The molecule has 8 heteroatoms. The summed E-state index contributed by atoms with van der Waals surface area (Å²) in [7, 11) is 0. The minimum Gasteiger partial charge on any atom is -0.481 e. The van der Waals surface area contributed by atoms with Crippen LogP contribution in [0, 0.1) is 0 Å². The van der Waals surface area contributed by atoms with Gasteiger partial charge in [0.15, 0.2) is 0 Å². The minimum atomic E-state index is -0.960. The van der Waals surface area contributed by atoms with Gasteiger partial charge in [0.25, 0.3) is 0 Å².